The predicted molar refractivity (Wildman–Crippen MR) is 60.1 cm³/mol. The number of carbonyl (C=O) groups is 1. The van der Waals surface area contributed by atoms with Gasteiger partial charge in [0.15, 0.2) is 5.78 Å². The third-order valence-electron chi connectivity index (χ3n) is 2.07. The first-order valence-electron chi connectivity index (χ1n) is 4.89. The van der Waals surface area contributed by atoms with Crippen LogP contribution in [-0.2, 0) is 18.4 Å². The summed E-state index contributed by atoms with van der Waals surface area (Å²) in [5.41, 5.74) is 0. The molecule has 5 heteroatoms. The molecule has 0 heterocycles. The molecule has 0 N–H and O–H groups in total. The molecule has 0 bridgehead atoms. The third-order valence-corrected chi connectivity index (χ3v) is 3.89. The van der Waals surface area contributed by atoms with Crippen LogP contribution in [0.5, 0.6) is 0 Å². The number of hydrogen-bond donors (Lipinski definition) is 0. The van der Waals surface area contributed by atoms with Crippen molar-refractivity contribution < 1.29 is 18.4 Å². The van der Waals surface area contributed by atoms with Gasteiger partial charge in [0.05, 0.1) is 0 Å². The highest BCUT2D eigenvalue weighted by Gasteiger charge is 2.27. The summed E-state index contributed by atoms with van der Waals surface area (Å²) in [6, 6.07) is 0. The van der Waals surface area contributed by atoms with Crippen molar-refractivity contribution in [3.05, 3.63) is 12.2 Å². The lowest BCUT2D eigenvalue weighted by atomic mass is 10.1. The quantitative estimate of drug-likeness (QED) is 0.502. The van der Waals surface area contributed by atoms with Gasteiger partial charge >= 0.3 is 7.60 Å². The van der Waals surface area contributed by atoms with Crippen molar-refractivity contribution in [3.63, 3.8) is 0 Å². The number of ketones is 1. The summed E-state index contributed by atoms with van der Waals surface area (Å²) in [5, 5.41) is 0. The molecule has 0 saturated heterocycles. The van der Waals surface area contributed by atoms with Crippen molar-refractivity contribution in [2.75, 3.05) is 20.4 Å². The van der Waals surface area contributed by atoms with Gasteiger partial charge in [-0.3, -0.25) is 9.36 Å². The highest BCUT2D eigenvalue weighted by Crippen LogP contribution is 2.46. The summed E-state index contributed by atoms with van der Waals surface area (Å²) in [5.74, 6) is -0.379. The lowest BCUT2D eigenvalue weighted by Gasteiger charge is -2.14. The lowest BCUT2D eigenvalue weighted by Crippen LogP contribution is -2.14. The Bertz CT molecular complexity index is 265. The summed E-state index contributed by atoms with van der Waals surface area (Å²) >= 11 is 0. The Morgan fingerprint density at radius 1 is 1.40 bits per heavy atom. The average molecular weight is 234 g/mol. The lowest BCUT2D eigenvalue weighted by molar-refractivity contribution is -0.118. The topological polar surface area (TPSA) is 52.6 Å². The van der Waals surface area contributed by atoms with E-state index in [0.29, 0.717) is 0 Å². The summed E-state index contributed by atoms with van der Waals surface area (Å²) in [6.07, 6.45) is 4.42. The Balaban J connectivity index is 4.35. The van der Waals surface area contributed by atoms with E-state index >= 15 is 0 Å². The van der Waals surface area contributed by atoms with Crippen LogP contribution in [-0.4, -0.2) is 26.2 Å². The maximum atomic E-state index is 11.6. The molecule has 1 atom stereocenters. The van der Waals surface area contributed by atoms with Gasteiger partial charge in [0.25, 0.3) is 0 Å². The number of hydrogen-bond acceptors (Lipinski definition) is 4. The summed E-state index contributed by atoms with van der Waals surface area (Å²) in [4.78, 5) is 11.6. The second kappa shape index (κ2) is 6.94. The fourth-order valence-electron chi connectivity index (χ4n) is 0.986. The van der Waals surface area contributed by atoms with Gasteiger partial charge < -0.3 is 9.05 Å². The van der Waals surface area contributed by atoms with Gasteiger partial charge in [-0.2, -0.15) is 0 Å². The molecule has 4 nitrogen and oxygen atoms in total. The van der Waals surface area contributed by atoms with Gasteiger partial charge in [-0.15, -0.1) is 0 Å². The molecule has 0 aromatic carbocycles. The molecule has 0 amide bonds. The zero-order chi connectivity index (χ0) is 11.9. The van der Waals surface area contributed by atoms with Crippen LogP contribution < -0.4 is 0 Å². The zero-order valence-electron chi connectivity index (χ0n) is 9.73. The molecule has 0 spiro atoms. The van der Waals surface area contributed by atoms with E-state index in [1.54, 1.807) is 13.0 Å². The SMILES string of the molecule is CC/C=C\C(C)C(=O)CP(=O)(OC)OC. The van der Waals surface area contributed by atoms with E-state index in [4.69, 9.17) is 9.05 Å². The van der Waals surface area contributed by atoms with Crippen molar-refractivity contribution in [2.45, 2.75) is 20.3 Å². The molecular formula is C10H19O4P. The standard InChI is InChI=1S/C10H19O4P/c1-5-6-7-9(2)10(11)8-15(12,13-3)14-4/h6-7,9H,5,8H2,1-4H3/b7-6-. The second-order valence-electron chi connectivity index (χ2n) is 3.23. The maximum absolute atomic E-state index is 11.6. The molecule has 1 unspecified atom stereocenters. The van der Waals surface area contributed by atoms with Crippen molar-refractivity contribution >= 4 is 13.4 Å². The van der Waals surface area contributed by atoms with Gasteiger partial charge in [-0.05, 0) is 6.42 Å². The number of Topliss-reactive ketones (excluding diaryl/α,β-unsaturated/α-hetero) is 1. The Kier molecular flexibility index (Phi) is 6.73. The zero-order valence-corrected chi connectivity index (χ0v) is 10.6. The summed E-state index contributed by atoms with van der Waals surface area (Å²) in [6.45, 7) is 3.76. The molecule has 0 saturated carbocycles. The van der Waals surface area contributed by atoms with E-state index in [1.165, 1.54) is 14.2 Å². The van der Waals surface area contributed by atoms with E-state index < -0.39 is 7.60 Å². The highest BCUT2D eigenvalue weighted by atomic mass is 31.2. The molecule has 0 radical (unpaired) electrons. The minimum absolute atomic E-state index is 0.133. The average Bonchev–Trinajstić information content (AvgIpc) is 2.25. The fourth-order valence-corrected chi connectivity index (χ4v) is 2.06. The Morgan fingerprint density at radius 3 is 2.33 bits per heavy atom. The minimum Gasteiger partial charge on any atom is -0.312 e. The molecule has 0 rings (SSSR count). The van der Waals surface area contributed by atoms with Crippen LogP contribution in [0.25, 0.3) is 0 Å². The van der Waals surface area contributed by atoms with Crippen LogP contribution in [0.1, 0.15) is 20.3 Å². The highest BCUT2D eigenvalue weighted by molar-refractivity contribution is 7.54. The molecular weight excluding hydrogens is 215 g/mol. The Hall–Kier alpha value is -0.440. The number of carbonyl (C=O) groups excluding carboxylic acids is 1. The molecule has 0 aromatic heterocycles. The van der Waals surface area contributed by atoms with Crippen LogP contribution in [0.3, 0.4) is 0 Å². The normalized spacial score (nSPS) is 14.4. The first-order chi connectivity index (χ1) is 6.99. The van der Waals surface area contributed by atoms with E-state index in [2.05, 4.69) is 0 Å². The van der Waals surface area contributed by atoms with E-state index in [0.717, 1.165) is 6.42 Å². The van der Waals surface area contributed by atoms with E-state index in [-0.39, 0.29) is 17.9 Å². The second-order valence-corrected chi connectivity index (χ2v) is 5.49. The van der Waals surface area contributed by atoms with Crippen LogP contribution in [0, 0.1) is 5.92 Å². The first-order valence-corrected chi connectivity index (χ1v) is 6.61. The third kappa shape index (κ3) is 5.26. The van der Waals surface area contributed by atoms with Gasteiger partial charge in [0.2, 0.25) is 0 Å². The molecule has 0 aliphatic carbocycles. The van der Waals surface area contributed by atoms with Gasteiger partial charge in [-0.1, -0.05) is 26.0 Å². The van der Waals surface area contributed by atoms with Crippen LogP contribution >= 0.6 is 7.60 Å². The smallest absolute Gasteiger partial charge is 0.312 e. The minimum atomic E-state index is -3.21. The van der Waals surface area contributed by atoms with Crippen molar-refractivity contribution in [1.82, 2.24) is 0 Å². The van der Waals surface area contributed by atoms with Gasteiger partial charge in [-0.25, -0.2) is 0 Å². The number of allylic oxidation sites excluding steroid dienone is 2. The first kappa shape index (κ1) is 14.6. The largest absolute Gasteiger partial charge is 0.337 e. The monoisotopic (exact) mass is 234 g/mol. The van der Waals surface area contributed by atoms with Crippen LogP contribution in [0.4, 0.5) is 0 Å². The number of rotatable bonds is 7. The molecule has 0 aliphatic rings. The Morgan fingerprint density at radius 2 is 1.93 bits per heavy atom. The molecule has 0 aromatic rings. The summed E-state index contributed by atoms with van der Waals surface area (Å²) < 4.78 is 21.1. The molecule has 0 aliphatic heterocycles. The molecule has 0 fully saturated rings. The molecule has 88 valence electrons. The van der Waals surface area contributed by atoms with E-state index in [9.17, 15) is 9.36 Å². The van der Waals surface area contributed by atoms with Crippen molar-refractivity contribution in [2.24, 2.45) is 5.92 Å². The van der Waals surface area contributed by atoms with Crippen molar-refractivity contribution in [1.29, 1.82) is 0 Å². The van der Waals surface area contributed by atoms with E-state index in [1.807, 2.05) is 13.0 Å². The fraction of sp³-hybridized carbons (Fsp3) is 0.700. The summed E-state index contributed by atoms with van der Waals surface area (Å²) in [7, 11) is -0.643. The molecule has 15 heavy (non-hydrogen) atoms. The van der Waals surface area contributed by atoms with Crippen molar-refractivity contribution in [3.8, 4) is 0 Å². The maximum Gasteiger partial charge on any atom is 0.337 e. The van der Waals surface area contributed by atoms with Gasteiger partial charge in [0, 0.05) is 20.1 Å². The van der Waals surface area contributed by atoms with Gasteiger partial charge in [0.1, 0.15) is 6.16 Å². The predicted octanol–water partition coefficient (Wildman–Crippen LogP) is 2.64. The van der Waals surface area contributed by atoms with Crippen LogP contribution in [0.15, 0.2) is 12.2 Å². The van der Waals surface area contributed by atoms with Crippen LogP contribution in [0.2, 0.25) is 0 Å². The Labute approximate surface area is 91.2 Å².